The lowest BCUT2D eigenvalue weighted by Crippen LogP contribution is -2.22. The summed E-state index contributed by atoms with van der Waals surface area (Å²) in [5, 5.41) is 2.70. The van der Waals surface area contributed by atoms with Crippen LogP contribution in [0.5, 0.6) is 0 Å². The highest BCUT2D eigenvalue weighted by molar-refractivity contribution is 9.09. The van der Waals surface area contributed by atoms with Crippen molar-refractivity contribution in [3.63, 3.8) is 0 Å². The van der Waals surface area contributed by atoms with Crippen LogP contribution >= 0.6 is 47.8 Å². The largest absolute Gasteiger partial charge is 0.291 e. The zero-order valence-corrected chi connectivity index (χ0v) is 20.5. The van der Waals surface area contributed by atoms with Crippen LogP contribution in [-0.4, -0.2) is 4.90 Å². The molecule has 1 nitrogen and oxygen atoms in total. The molecule has 0 heterocycles. The van der Waals surface area contributed by atoms with Crippen molar-refractivity contribution < 1.29 is 0 Å². The minimum absolute atomic E-state index is 0.900. The van der Waals surface area contributed by atoms with Crippen LogP contribution in [0.1, 0.15) is 33.4 Å². The van der Waals surface area contributed by atoms with Gasteiger partial charge in [0, 0.05) is 35.6 Å². The Balaban J connectivity index is 1.76. The minimum Gasteiger partial charge on any atom is -0.291 e. The summed E-state index contributed by atoms with van der Waals surface area (Å²) >= 11 is 10.6. The summed E-state index contributed by atoms with van der Waals surface area (Å²) in [6.45, 7) is 2.80. The third-order valence-corrected chi connectivity index (χ3v) is 6.69. The zero-order valence-electron chi connectivity index (χ0n) is 15.8. The summed E-state index contributed by atoms with van der Waals surface area (Å²) in [5.74, 6) is 0. The molecular weight excluding hydrogens is 542 g/mol. The first-order valence-electron chi connectivity index (χ1n) is 9.34. The van der Waals surface area contributed by atoms with Crippen LogP contribution in [0.2, 0.25) is 0 Å². The Kier molecular flexibility index (Phi) is 8.78. The molecule has 4 heteroatoms. The summed E-state index contributed by atoms with van der Waals surface area (Å²) in [6, 6.07) is 26.7. The monoisotopic (exact) mass is 563 g/mol. The van der Waals surface area contributed by atoms with E-state index in [0.717, 1.165) is 35.6 Å². The summed E-state index contributed by atoms with van der Waals surface area (Å²) in [6.07, 6.45) is 0. The Bertz CT molecular complexity index is 725. The fourth-order valence-electron chi connectivity index (χ4n) is 3.14. The van der Waals surface area contributed by atoms with Gasteiger partial charge in [0.2, 0.25) is 0 Å². The SMILES string of the molecule is BrCc1ccc(CN(Cc2ccc(CBr)cc2)Cc2ccc(CBr)cc2)cc1. The van der Waals surface area contributed by atoms with Crippen molar-refractivity contribution in [1.29, 1.82) is 0 Å². The van der Waals surface area contributed by atoms with E-state index in [-0.39, 0.29) is 0 Å². The Morgan fingerprint density at radius 2 is 0.607 bits per heavy atom. The van der Waals surface area contributed by atoms with Crippen LogP contribution in [0.4, 0.5) is 0 Å². The van der Waals surface area contributed by atoms with Gasteiger partial charge in [-0.25, -0.2) is 0 Å². The fourth-order valence-corrected chi connectivity index (χ4v) is 4.27. The molecule has 0 aromatic heterocycles. The molecule has 0 spiro atoms. The maximum atomic E-state index is 3.53. The predicted octanol–water partition coefficient (Wildman–Crippen LogP) is 7.57. The molecule has 0 aliphatic rings. The van der Waals surface area contributed by atoms with E-state index in [9.17, 15) is 0 Å². The molecule has 0 atom stereocenters. The molecule has 3 aromatic rings. The topological polar surface area (TPSA) is 3.24 Å². The number of halogens is 3. The minimum atomic E-state index is 0.900. The van der Waals surface area contributed by atoms with Crippen molar-refractivity contribution in [2.75, 3.05) is 0 Å². The molecule has 0 N–H and O–H groups in total. The van der Waals surface area contributed by atoms with Crippen LogP contribution in [-0.2, 0) is 35.6 Å². The van der Waals surface area contributed by atoms with E-state index >= 15 is 0 Å². The standard InChI is InChI=1S/C24H24Br3N/c25-13-19-1-7-22(8-2-19)16-28(17-23-9-3-20(14-26)4-10-23)18-24-11-5-21(15-27)6-12-24/h1-12H,13-18H2. The van der Waals surface area contributed by atoms with E-state index in [4.69, 9.17) is 0 Å². The van der Waals surface area contributed by atoms with Crippen LogP contribution in [0.3, 0.4) is 0 Å². The number of hydrogen-bond acceptors (Lipinski definition) is 1. The second kappa shape index (κ2) is 11.3. The number of rotatable bonds is 9. The van der Waals surface area contributed by atoms with Gasteiger partial charge < -0.3 is 0 Å². The van der Waals surface area contributed by atoms with Gasteiger partial charge in [-0.1, -0.05) is 121 Å². The van der Waals surface area contributed by atoms with Crippen LogP contribution in [0.25, 0.3) is 0 Å². The second-order valence-electron chi connectivity index (χ2n) is 7.00. The van der Waals surface area contributed by atoms with E-state index in [1.165, 1.54) is 33.4 Å². The van der Waals surface area contributed by atoms with Crippen molar-refractivity contribution in [3.05, 3.63) is 106 Å². The molecule has 0 saturated heterocycles. The lowest BCUT2D eigenvalue weighted by atomic mass is 10.1. The number of hydrogen-bond donors (Lipinski definition) is 0. The molecule has 0 fully saturated rings. The lowest BCUT2D eigenvalue weighted by molar-refractivity contribution is 0.247. The first-order chi connectivity index (χ1) is 13.7. The Hall–Kier alpha value is -0.940. The third-order valence-electron chi connectivity index (χ3n) is 4.75. The molecule has 0 aliphatic carbocycles. The Morgan fingerprint density at radius 3 is 0.821 bits per heavy atom. The molecule has 0 saturated carbocycles. The third kappa shape index (κ3) is 6.55. The highest BCUT2D eigenvalue weighted by Gasteiger charge is 2.09. The summed E-state index contributed by atoms with van der Waals surface area (Å²) in [7, 11) is 0. The summed E-state index contributed by atoms with van der Waals surface area (Å²) in [4.78, 5) is 2.51. The van der Waals surface area contributed by atoms with Gasteiger partial charge in [-0.3, -0.25) is 4.90 Å². The van der Waals surface area contributed by atoms with Gasteiger partial charge >= 0.3 is 0 Å². The van der Waals surface area contributed by atoms with E-state index in [2.05, 4.69) is 125 Å². The zero-order chi connectivity index (χ0) is 19.8. The maximum absolute atomic E-state index is 3.53. The van der Waals surface area contributed by atoms with E-state index < -0.39 is 0 Å². The molecule has 0 amide bonds. The normalized spacial score (nSPS) is 11.1. The quantitative estimate of drug-likeness (QED) is 0.242. The first-order valence-corrected chi connectivity index (χ1v) is 12.7. The average molecular weight is 566 g/mol. The van der Waals surface area contributed by atoms with Crippen molar-refractivity contribution >= 4 is 47.8 Å². The van der Waals surface area contributed by atoms with Gasteiger partial charge in [-0.2, -0.15) is 0 Å². The summed E-state index contributed by atoms with van der Waals surface area (Å²) in [5.41, 5.74) is 7.97. The number of benzene rings is 3. The maximum Gasteiger partial charge on any atom is 0.0283 e. The van der Waals surface area contributed by atoms with Gasteiger partial charge in [0.25, 0.3) is 0 Å². The van der Waals surface area contributed by atoms with Crippen molar-refractivity contribution in [1.82, 2.24) is 4.90 Å². The Labute approximate surface area is 193 Å². The number of nitrogens with zero attached hydrogens (tertiary/aromatic N) is 1. The molecule has 0 radical (unpaired) electrons. The van der Waals surface area contributed by atoms with Gasteiger partial charge in [0.1, 0.15) is 0 Å². The molecule has 3 rings (SSSR count). The molecule has 0 bridgehead atoms. The predicted molar refractivity (Wildman–Crippen MR) is 130 cm³/mol. The molecule has 28 heavy (non-hydrogen) atoms. The summed E-state index contributed by atoms with van der Waals surface area (Å²) < 4.78 is 0. The van der Waals surface area contributed by atoms with Crippen molar-refractivity contribution in [2.24, 2.45) is 0 Å². The highest BCUT2D eigenvalue weighted by Crippen LogP contribution is 2.18. The molecule has 0 unspecified atom stereocenters. The van der Waals surface area contributed by atoms with Gasteiger partial charge in [-0.15, -0.1) is 0 Å². The van der Waals surface area contributed by atoms with Crippen molar-refractivity contribution in [3.8, 4) is 0 Å². The number of alkyl halides is 3. The lowest BCUT2D eigenvalue weighted by Gasteiger charge is -2.23. The van der Waals surface area contributed by atoms with E-state index in [1.54, 1.807) is 0 Å². The van der Waals surface area contributed by atoms with Crippen molar-refractivity contribution in [2.45, 2.75) is 35.6 Å². The van der Waals surface area contributed by atoms with Gasteiger partial charge in [0.05, 0.1) is 0 Å². The second-order valence-corrected chi connectivity index (χ2v) is 8.68. The van der Waals surface area contributed by atoms with Crippen LogP contribution < -0.4 is 0 Å². The van der Waals surface area contributed by atoms with Crippen LogP contribution in [0.15, 0.2) is 72.8 Å². The smallest absolute Gasteiger partial charge is 0.0283 e. The van der Waals surface area contributed by atoms with Crippen LogP contribution in [0, 0.1) is 0 Å². The van der Waals surface area contributed by atoms with Gasteiger partial charge in [-0.05, 0) is 33.4 Å². The molecule has 146 valence electrons. The first kappa shape index (κ1) is 21.8. The fraction of sp³-hybridized carbons (Fsp3) is 0.250. The highest BCUT2D eigenvalue weighted by atomic mass is 79.9. The van der Waals surface area contributed by atoms with Gasteiger partial charge in [0.15, 0.2) is 0 Å². The molecule has 0 aliphatic heterocycles. The molecule has 3 aromatic carbocycles. The Morgan fingerprint density at radius 1 is 0.393 bits per heavy atom. The average Bonchev–Trinajstić information content (AvgIpc) is 2.75. The van der Waals surface area contributed by atoms with E-state index in [1.807, 2.05) is 0 Å². The molecular formula is C24H24Br3N. The van der Waals surface area contributed by atoms with E-state index in [0.29, 0.717) is 0 Å².